The highest BCUT2D eigenvalue weighted by Gasteiger charge is 2.06. The highest BCUT2D eigenvalue weighted by atomic mass is 79.9. The highest BCUT2D eigenvalue weighted by Crippen LogP contribution is 2.22. The maximum atomic E-state index is 12.0. The summed E-state index contributed by atoms with van der Waals surface area (Å²) in [6, 6.07) is 11.2. The van der Waals surface area contributed by atoms with E-state index in [2.05, 4.69) is 15.9 Å². The largest absolute Gasteiger partial charge is 0.492 e. The lowest BCUT2D eigenvalue weighted by atomic mass is 10.2. The van der Waals surface area contributed by atoms with E-state index in [0.29, 0.717) is 15.6 Å². The summed E-state index contributed by atoms with van der Waals surface area (Å²) in [5.74, 6) is 0.344. The second-order valence-corrected chi connectivity index (χ2v) is 3.99. The Kier molecular flexibility index (Phi) is 2.73. The Hall–Kier alpha value is -1.35. The quantitative estimate of drug-likeness (QED) is 0.792. The van der Waals surface area contributed by atoms with Crippen LogP contribution < -0.4 is 10.2 Å². The molecule has 0 radical (unpaired) electrons. The van der Waals surface area contributed by atoms with Crippen molar-refractivity contribution in [2.75, 3.05) is 7.11 Å². The lowest BCUT2D eigenvalue weighted by Gasteiger charge is -1.96. The zero-order valence-electron chi connectivity index (χ0n) is 8.16. The summed E-state index contributed by atoms with van der Waals surface area (Å²) >= 11 is 3.31. The third-order valence-electron chi connectivity index (χ3n) is 2.24. The van der Waals surface area contributed by atoms with E-state index >= 15 is 0 Å². The lowest BCUT2D eigenvalue weighted by Crippen LogP contribution is -2.02. The van der Waals surface area contributed by atoms with Gasteiger partial charge in [-0.2, -0.15) is 0 Å². The molecular formula is C12H9BrO2. The molecule has 0 spiro atoms. The van der Waals surface area contributed by atoms with Crippen LogP contribution in [0.3, 0.4) is 0 Å². The first-order chi connectivity index (χ1) is 7.24. The molecule has 0 aliphatic carbocycles. The van der Waals surface area contributed by atoms with Gasteiger partial charge in [0.1, 0.15) is 0 Å². The number of hydrogen-bond acceptors (Lipinski definition) is 2. The number of methoxy groups -OCH3 is 1. The number of fused-ring (bicyclic) bond motifs is 1. The van der Waals surface area contributed by atoms with Crippen LogP contribution in [0.4, 0.5) is 0 Å². The number of hydrogen-bond donors (Lipinski definition) is 0. The summed E-state index contributed by atoms with van der Waals surface area (Å²) in [6.07, 6.45) is 0. The van der Waals surface area contributed by atoms with Gasteiger partial charge in [-0.25, -0.2) is 0 Å². The fraction of sp³-hybridized carbons (Fsp3) is 0.0833. The molecule has 0 saturated carbocycles. The van der Waals surface area contributed by atoms with Crippen LogP contribution in [-0.2, 0) is 0 Å². The van der Waals surface area contributed by atoms with E-state index in [1.54, 1.807) is 6.07 Å². The first kappa shape index (κ1) is 10.2. The van der Waals surface area contributed by atoms with Gasteiger partial charge in [-0.15, -0.1) is 0 Å². The smallest absolute Gasteiger partial charge is 0.229 e. The van der Waals surface area contributed by atoms with E-state index in [1.165, 1.54) is 7.11 Å². The van der Waals surface area contributed by atoms with E-state index in [1.807, 2.05) is 30.3 Å². The van der Waals surface area contributed by atoms with Crippen LogP contribution in [0.2, 0.25) is 0 Å². The minimum atomic E-state index is -0.0926. The van der Waals surface area contributed by atoms with E-state index in [4.69, 9.17) is 4.74 Å². The maximum absolute atomic E-state index is 12.0. The molecule has 0 aliphatic heterocycles. The van der Waals surface area contributed by atoms with Gasteiger partial charge < -0.3 is 4.74 Å². The van der Waals surface area contributed by atoms with Gasteiger partial charge in [0.05, 0.1) is 11.6 Å². The van der Waals surface area contributed by atoms with Crippen molar-refractivity contribution in [1.29, 1.82) is 0 Å². The molecular weight excluding hydrogens is 256 g/mol. The van der Waals surface area contributed by atoms with Gasteiger partial charge in [0.25, 0.3) is 0 Å². The molecule has 3 heteroatoms. The molecule has 76 valence electrons. The van der Waals surface area contributed by atoms with Gasteiger partial charge in [-0.05, 0) is 27.4 Å². The molecule has 2 aromatic rings. The standard InChI is InChI=1S/C12H9BrO2/c1-15-12-10(13)7-6-8-4-2-3-5-9(8)11(12)14/h2-7H,1H3. The van der Waals surface area contributed by atoms with Crippen LogP contribution in [0, 0.1) is 0 Å². The minimum Gasteiger partial charge on any atom is -0.492 e. The Balaban J connectivity index is 3.00. The Bertz CT molecular complexity index is 564. The topological polar surface area (TPSA) is 26.3 Å². The first-order valence-corrected chi connectivity index (χ1v) is 5.29. The molecule has 0 heterocycles. The normalized spacial score (nSPS) is 10.3. The maximum Gasteiger partial charge on any atom is 0.229 e. The van der Waals surface area contributed by atoms with Crippen molar-refractivity contribution < 1.29 is 4.74 Å². The molecule has 15 heavy (non-hydrogen) atoms. The van der Waals surface area contributed by atoms with Crippen molar-refractivity contribution in [3.8, 4) is 5.75 Å². The van der Waals surface area contributed by atoms with Crippen molar-refractivity contribution >= 4 is 26.7 Å². The Labute approximate surface area is 95.6 Å². The summed E-state index contributed by atoms with van der Waals surface area (Å²) in [5.41, 5.74) is -0.0926. The second kappa shape index (κ2) is 4.03. The zero-order valence-corrected chi connectivity index (χ0v) is 9.74. The van der Waals surface area contributed by atoms with Gasteiger partial charge in [-0.3, -0.25) is 4.79 Å². The van der Waals surface area contributed by atoms with Gasteiger partial charge in [0.2, 0.25) is 5.43 Å². The summed E-state index contributed by atoms with van der Waals surface area (Å²) in [5, 5.41) is 1.58. The molecule has 2 rings (SSSR count). The third kappa shape index (κ3) is 1.75. The van der Waals surface area contributed by atoms with Crippen molar-refractivity contribution in [1.82, 2.24) is 0 Å². The molecule has 0 fully saturated rings. The fourth-order valence-electron chi connectivity index (χ4n) is 1.51. The summed E-state index contributed by atoms with van der Waals surface area (Å²) < 4.78 is 5.76. The number of benzene rings is 1. The lowest BCUT2D eigenvalue weighted by molar-refractivity contribution is 0.409. The van der Waals surface area contributed by atoms with Crippen LogP contribution >= 0.6 is 15.9 Å². The average molecular weight is 265 g/mol. The van der Waals surface area contributed by atoms with Crippen LogP contribution in [0.5, 0.6) is 5.75 Å². The summed E-state index contributed by atoms with van der Waals surface area (Å²) in [7, 11) is 1.50. The predicted molar refractivity (Wildman–Crippen MR) is 64.5 cm³/mol. The van der Waals surface area contributed by atoms with E-state index in [9.17, 15) is 4.79 Å². The molecule has 0 atom stereocenters. The molecule has 2 nitrogen and oxygen atoms in total. The number of ether oxygens (including phenoxy) is 1. The van der Waals surface area contributed by atoms with Crippen molar-refractivity contribution in [3.05, 3.63) is 51.1 Å². The van der Waals surface area contributed by atoms with Crippen molar-refractivity contribution in [2.45, 2.75) is 0 Å². The Morgan fingerprint density at radius 3 is 2.60 bits per heavy atom. The molecule has 0 unspecified atom stereocenters. The monoisotopic (exact) mass is 264 g/mol. The van der Waals surface area contributed by atoms with E-state index < -0.39 is 0 Å². The second-order valence-electron chi connectivity index (χ2n) is 3.13. The van der Waals surface area contributed by atoms with E-state index in [-0.39, 0.29) is 5.43 Å². The molecule has 0 saturated heterocycles. The summed E-state index contributed by atoms with van der Waals surface area (Å²) in [6.45, 7) is 0. The molecule has 2 aromatic carbocycles. The number of rotatable bonds is 1. The van der Waals surface area contributed by atoms with Crippen LogP contribution in [-0.4, -0.2) is 7.11 Å². The molecule has 0 N–H and O–H groups in total. The van der Waals surface area contributed by atoms with E-state index in [0.717, 1.165) is 5.39 Å². The Morgan fingerprint density at radius 2 is 1.87 bits per heavy atom. The third-order valence-corrected chi connectivity index (χ3v) is 2.87. The first-order valence-electron chi connectivity index (χ1n) is 4.49. The van der Waals surface area contributed by atoms with Crippen LogP contribution in [0.15, 0.2) is 45.7 Å². The van der Waals surface area contributed by atoms with Gasteiger partial charge >= 0.3 is 0 Å². The van der Waals surface area contributed by atoms with Crippen molar-refractivity contribution in [2.24, 2.45) is 0 Å². The average Bonchev–Trinajstić information content (AvgIpc) is 2.38. The SMILES string of the molecule is COc1c(Br)ccc2ccccc2c1=O. The molecule has 0 bridgehead atoms. The van der Waals surface area contributed by atoms with Crippen LogP contribution in [0.1, 0.15) is 0 Å². The minimum absolute atomic E-state index is 0.0926. The zero-order chi connectivity index (χ0) is 10.8. The predicted octanol–water partition coefficient (Wildman–Crippen LogP) is 2.97. The Morgan fingerprint density at radius 1 is 1.13 bits per heavy atom. The number of halogens is 1. The summed E-state index contributed by atoms with van der Waals surface area (Å²) in [4.78, 5) is 12.0. The molecule has 0 amide bonds. The van der Waals surface area contributed by atoms with Crippen molar-refractivity contribution in [3.63, 3.8) is 0 Å². The van der Waals surface area contributed by atoms with Gasteiger partial charge in [0.15, 0.2) is 5.75 Å². The van der Waals surface area contributed by atoms with Crippen LogP contribution in [0.25, 0.3) is 10.8 Å². The molecule has 0 aliphatic rings. The van der Waals surface area contributed by atoms with Gasteiger partial charge in [-0.1, -0.05) is 30.3 Å². The fourth-order valence-corrected chi connectivity index (χ4v) is 1.98. The van der Waals surface area contributed by atoms with Gasteiger partial charge in [0, 0.05) is 5.39 Å². The highest BCUT2D eigenvalue weighted by molar-refractivity contribution is 9.10. The molecule has 0 aromatic heterocycles.